The normalized spacial score (nSPS) is 11.1. The third-order valence-electron chi connectivity index (χ3n) is 3.46. The van der Waals surface area contributed by atoms with E-state index in [0.717, 1.165) is 5.56 Å². The molecule has 0 aliphatic rings. The zero-order valence-electron chi connectivity index (χ0n) is 13.4. The Morgan fingerprint density at radius 2 is 1.87 bits per heavy atom. The van der Waals surface area contributed by atoms with Crippen LogP contribution in [0.4, 0.5) is 10.1 Å². The van der Waals surface area contributed by atoms with Crippen molar-refractivity contribution < 1.29 is 19.0 Å². The Labute approximate surface area is 134 Å². The number of aromatic hydroxyl groups is 1. The highest BCUT2D eigenvalue weighted by molar-refractivity contribution is 5.93. The van der Waals surface area contributed by atoms with Crippen LogP contribution in [0.25, 0.3) is 0 Å². The molecule has 2 aromatic carbocycles. The molecule has 2 N–H and O–H groups in total. The summed E-state index contributed by atoms with van der Waals surface area (Å²) >= 11 is 0. The summed E-state index contributed by atoms with van der Waals surface area (Å²) in [6.45, 7) is 2.98. The van der Waals surface area contributed by atoms with Crippen molar-refractivity contribution in [2.75, 3.05) is 12.4 Å². The Bertz CT molecular complexity index is 690. The van der Waals surface area contributed by atoms with Crippen LogP contribution in [0.15, 0.2) is 42.5 Å². The number of methoxy groups -OCH3 is 1. The Morgan fingerprint density at radius 1 is 1.22 bits per heavy atom. The first kappa shape index (κ1) is 16.8. The zero-order chi connectivity index (χ0) is 17.0. The predicted octanol–water partition coefficient (Wildman–Crippen LogP) is 3.79. The summed E-state index contributed by atoms with van der Waals surface area (Å²) in [6.07, 6.45) is 0.164. The van der Waals surface area contributed by atoms with Gasteiger partial charge in [-0.25, -0.2) is 4.39 Å². The molecule has 0 spiro atoms. The number of phenols is 1. The van der Waals surface area contributed by atoms with E-state index in [0.29, 0.717) is 17.0 Å². The van der Waals surface area contributed by atoms with Crippen LogP contribution < -0.4 is 10.1 Å². The molecule has 0 unspecified atom stereocenters. The molecular weight excluding hydrogens is 297 g/mol. The SMILES string of the molecule is COc1cc(O)ccc1NC(=O)Cc1ccc(C(C)(C)F)cc1. The molecule has 0 radical (unpaired) electrons. The maximum atomic E-state index is 13.8. The molecule has 0 heterocycles. The Balaban J connectivity index is 2.05. The zero-order valence-corrected chi connectivity index (χ0v) is 13.4. The molecule has 1 amide bonds. The van der Waals surface area contributed by atoms with Crippen molar-refractivity contribution in [1.82, 2.24) is 0 Å². The van der Waals surface area contributed by atoms with Gasteiger partial charge in [-0.3, -0.25) is 4.79 Å². The number of phenolic OH excluding ortho intramolecular Hbond substituents is 1. The highest BCUT2D eigenvalue weighted by Gasteiger charge is 2.18. The fourth-order valence-electron chi connectivity index (χ4n) is 2.18. The summed E-state index contributed by atoms with van der Waals surface area (Å²) in [4.78, 5) is 12.1. The van der Waals surface area contributed by atoms with Gasteiger partial charge in [-0.2, -0.15) is 0 Å². The monoisotopic (exact) mass is 317 g/mol. The number of carbonyl (C=O) groups excluding carboxylic acids is 1. The van der Waals surface area contributed by atoms with Gasteiger partial charge in [0.15, 0.2) is 0 Å². The van der Waals surface area contributed by atoms with E-state index < -0.39 is 5.67 Å². The minimum absolute atomic E-state index is 0.0595. The summed E-state index contributed by atoms with van der Waals surface area (Å²) in [6, 6.07) is 11.3. The maximum absolute atomic E-state index is 13.8. The number of hydrogen-bond donors (Lipinski definition) is 2. The minimum Gasteiger partial charge on any atom is -0.508 e. The van der Waals surface area contributed by atoms with Gasteiger partial charge in [0.05, 0.1) is 19.2 Å². The summed E-state index contributed by atoms with van der Waals surface area (Å²) < 4.78 is 18.9. The third-order valence-corrected chi connectivity index (χ3v) is 3.46. The second-order valence-corrected chi connectivity index (χ2v) is 5.78. The first-order valence-electron chi connectivity index (χ1n) is 7.25. The van der Waals surface area contributed by atoms with Crippen molar-refractivity contribution in [3.8, 4) is 11.5 Å². The highest BCUT2D eigenvalue weighted by Crippen LogP contribution is 2.28. The molecular formula is C18H20FNO3. The second kappa shape index (κ2) is 6.69. The van der Waals surface area contributed by atoms with Crippen molar-refractivity contribution in [3.05, 3.63) is 53.6 Å². The van der Waals surface area contributed by atoms with Crippen LogP contribution in [0.5, 0.6) is 11.5 Å². The molecule has 122 valence electrons. The number of amides is 1. The van der Waals surface area contributed by atoms with E-state index in [2.05, 4.69) is 5.32 Å². The van der Waals surface area contributed by atoms with E-state index in [4.69, 9.17) is 4.74 Å². The van der Waals surface area contributed by atoms with Crippen molar-refractivity contribution in [1.29, 1.82) is 0 Å². The smallest absolute Gasteiger partial charge is 0.228 e. The maximum Gasteiger partial charge on any atom is 0.228 e. The van der Waals surface area contributed by atoms with E-state index in [1.165, 1.54) is 33.1 Å². The van der Waals surface area contributed by atoms with Gasteiger partial charge in [0, 0.05) is 6.07 Å². The number of halogens is 1. The first-order valence-corrected chi connectivity index (χ1v) is 7.25. The van der Waals surface area contributed by atoms with Crippen molar-refractivity contribution in [2.45, 2.75) is 25.9 Å². The number of benzene rings is 2. The molecule has 0 saturated heterocycles. The van der Waals surface area contributed by atoms with Crippen LogP contribution in [0.3, 0.4) is 0 Å². The van der Waals surface area contributed by atoms with Gasteiger partial charge in [0.25, 0.3) is 0 Å². The van der Waals surface area contributed by atoms with Crippen molar-refractivity contribution >= 4 is 11.6 Å². The molecule has 0 aliphatic heterocycles. The lowest BCUT2D eigenvalue weighted by Crippen LogP contribution is -2.15. The van der Waals surface area contributed by atoms with Crippen LogP contribution in [-0.4, -0.2) is 18.1 Å². The van der Waals surface area contributed by atoms with Gasteiger partial charge >= 0.3 is 0 Å². The largest absolute Gasteiger partial charge is 0.508 e. The van der Waals surface area contributed by atoms with E-state index >= 15 is 0 Å². The standard InChI is InChI=1S/C18H20FNO3/c1-18(2,19)13-6-4-12(5-7-13)10-17(22)20-15-9-8-14(21)11-16(15)23-3/h4-9,11,21H,10H2,1-3H3,(H,20,22). The highest BCUT2D eigenvalue weighted by atomic mass is 19.1. The molecule has 0 fully saturated rings. The quantitative estimate of drug-likeness (QED) is 0.825. The summed E-state index contributed by atoms with van der Waals surface area (Å²) in [7, 11) is 1.46. The van der Waals surface area contributed by atoms with Crippen LogP contribution in [0.1, 0.15) is 25.0 Å². The van der Waals surface area contributed by atoms with Gasteiger partial charge in [0.2, 0.25) is 5.91 Å². The molecule has 0 saturated carbocycles. The molecule has 23 heavy (non-hydrogen) atoms. The predicted molar refractivity (Wildman–Crippen MR) is 87.6 cm³/mol. The number of nitrogens with one attached hydrogen (secondary N) is 1. The number of anilines is 1. The molecule has 2 aromatic rings. The van der Waals surface area contributed by atoms with E-state index in [1.54, 1.807) is 30.3 Å². The lowest BCUT2D eigenvalue weighted by Gasteiger charge is -2.15. The number of alkyl halides is 1. The Kier molecular flexibility index (Phi) is 4.89. The average molecular weight is 317 g/mol. The summed E-state index contributed by atoms with van der Waals surface area (Å²) in [5, 5.41) is 12.1. The van der Waals surface area contributed by atoms with E-state index in [-0.39, 0.29) is 18.1 Å². The van der Waals surface area contributed by atoms with Crippen molar-refractivity contribution in [3.63, 3.8) is 0 Å². The molecule has 2 rings (SSSR count). The summed E-state index contributed by atoms with van der Waals surface area (Å²) in [5.74, 6) is 0.221. The number of ether oxygens (including phenoxy) is 1. The Hall–Kier alpha value is -2.56. The number of carbonyl (C=O) groups is 1. The third kappa shape index (κ3) is 4.45. The fourth-order valence-corrected chi connectivity index (χ4v) is 2.18. The minimum atomic E-state index is -1.40. The Morgan fingerprint density at radius 3 is 2.43 bits per heavy atom. The average Bonchev–Trinajstić information content (AvgIpc) is 2.48. The topological polar surface area (TPSA) is 58.6 Å². The first-order chi connectivity index (χ1) is 10.8. The van der Waals surface area contributed by atoms with Crippen LogP contribution in [0.2, 0.25) is 0 Å². The van der Waals surface area contributed by atoms with E-state index in [9.17, 15) is 14.3 Å². The molecule has 0 bridgehead atoms. The second-order valence-electron chi connectivity index (χ2n) is 5.78. The van der Waals surface area contributed by atoms with Crippen LogP contribution in [0, 0.1) is 0 Å². The van der Waals surface area contributed by atoms with Gasteiger partial charge in [-0.1, -0.05) is 24.3 Å². The van der Waals surface area contributed by atoms with Gasteiger partial charge in [-0.15, -0.1) is 0 Å². The lowest BCUT2D eigenvalue weighted by atomic mass is 9.98. The van der Waals surface area contributed by atoms with Gasteiger partial charge in [0.1, 0.15) is 17.2 Å². The fraction of sp³-hybridized carbons (Fsp3) is 0.278. The number of rotatable bonds is 5. The van der Waals surface area contributed by atoms with Crippen molar-refractivity contribution in [2.24, 2.45) is 0 Å². The lowest BCUT2D eigenvalue weighted by molar-refractivity contribution is -0.115. The van der Waals surface area contributed by atoms with Gasteiger partial charge in [-0.05, 0) is 37.1 Å². The van der Waals surface area contributed by atoms with Crippen LogP contribution in [-0.2, 0) is 16.9 Å². The van der Waals surface area contributed by atoms with E-state index in [1.807, 2.05) is 0 Å². The molecule has 5 heteroatoms. The molecule has 0 aromatic heterocycles. The van der Waals surface area contributed by atoms with Crippen LogP contribution >= 0.6 is 0 Å². The summed E-state index contributed by atoms with van der Waals surface area (Å²) in [5.41, 5.74) is 0.437. The molecule has 4 nitrogen and oxygen atoms in total. The molecule has 0 atom stereocenters. The number of hydrogen-bond acceptors (Lipinski definition) is 3. The molecule has 0 aliphatic carbocycles. The van der Waals surface area contributed by atoms with Gasteiger partial charge < -0.3 is 15.2 Å².